The van der Waals surface area contributed by atoms with Gasteiger partial charge in [0.05, 0.1) is 6.61 Å². The predicted molar refractivity (Wildman–Crippen MR) is 57.1 cm³/mol. The topological polar surface area (TPSA) is 87.0 Å². The van der Waals surface area contributed by atoms with E-state index in [1.807, 2.05) is 26.0 Å². The van der Waals surface area contributed by atoms with Gasteiger partial charge in [-0.25, -0.2) is 0 Å². The highest BCUT2D eigenvalue weighted by Crippen LogP contribution is 2.20. The molecular formula is C10H11N5O. The summed E-state index contributed by atoms with van der Waals surface area (Å²) in [6, 6.07) is 3.86. The Hall–Kier alpha value is -2.34. The molecule has 0 bridgehead atoms. The summed E-state index contributed by atoms with van der Waals surface area (Å²) in [6.07, 6.45) is 1.23. The van der Waals surface area contributed by atoms with Crippen LogP contribution in [0.3, 0.4) is 0 Å². The molecule has 0 aliphatic rings. The number of aromatic nitrogens is 2. The summed E-state index contributed by atoms with van der Waals surface area (Å²) in [6.45, 7) is 4.67. The number of aryl methyl sites for hydroxylation is 1. The maximum Gasteiger partial charge on any atom is 0.196 e. The van der Waals surface area contributed by atoms with Crippen LogP contribution in [0.1, 0.15) is 25.1 Å². The Morgan fingerprint density at radius 3 is 2.69 bits per heavy atom. The van der Waals surface area contributed by atoms with Crippen molar-refractivity contribution in [3.05, 3.63) is 11.3 Å². The minimum atomic E-state index is 0.181. The predicted octanol–water partition coefficient (Wildman–Crippen LogP) is 1.34. The van der Waals surface area contributed by atoms with Crippen molar-refractivity contribution in [1.29, 1.82) is 10.5 Å². The molecule has 1 rings (SSSR count). The van der Waals surface area contributed by atoms with Gasteiger partial charge < -0.3 is 4.74 Å². The first-order valence-corrected chi connectivity index (χ1v) is 4.83. The number of ether oxygens (including phenoxy) is 1. The van der Waals surface area contributed by atoms with Crippen LogP contribution < -0.4 is 0 Å². The van der Waals surface area contributed by atoms with E-state index in [0.29, 0.717) is 13.2 Å². The van der Waals surface area contributed by atoms with E-state index in [9.17, 15) is 0 Å². The average Bonchev–Trinajstić information content (AvgIpc) is 2.66. The first-order chi connectivity index (χ1) is 7.78. The van der Waals surface area contributed by atoms with Crippen LogP contribution in [0.25, 0.3) is 0 Å². The molecule has 1 heterocycles. The molecule has 0 unspecified atom stereocenters. The molecule has 0 fully saturated rings. The van der Waals surface area contributed by atoms with Gasteiger partial charge in [-0.3, -0.25) is 4.68 Å². The maximum absolute atomic E-state index is 8.93. The lowest BCUT2D eigenvalue weighted by molar-refractivity contribution is 0.344. The van der Waals surface area contributed by atoms with E-state index in [2.05, 4.69) is 10.1 Å². The van der Waals surface area contributed by atoms with Crippen LogP contribution in [0.15, 0.2) is 4.99 Å². The van der Waals surface area contributed by atoms with Crippen LogP contribution in [0, 0.1) is 22.7 Å². The Morgan fingerprint density at radius 2 is 2.19 bits per heavy atom. The largest absolute Gasteiger partial charge is 0.483 e. The van der Waals surface area contributed by atoms with Crippen LogP contribution in [0.2, 0.25) is 0 Å². The van der Waals surface area contributed by atoms with Crippen molar-refractivity contribution in [2.45, 2.75) is 20.4 Å². The van der Waals surface area contributed by atoms with Crippen molar-refractivity contribution in [2.24, 2.45) is 4.99 Å². The number of nitriles is 2. The molecule has 6 heteroatoms. The highest BCUT2D eigenvalue weighted by molar-refractivity contribution is 5.61. The summed E-state index contributed by atoms with van der Waals surface area (Å²) >= 11 is 0. The van der Waals surface area contributed by atoms with E-state index in [-0.39, 0.29) is 17.1 Å². The van der Waals surface area contributed by atoms with E-state index >= 15 is 0 Å². The second-order valence-electron chi connectivity index (χ2n) is 2.78. The molecule has 0 spiro atoms. The summed E-state index contributed by atoms with van der Waals surface area (Å²) < 4.78 is 6.36. The lowest BCUT2D eigenvalue weighted by Gasteiger charge is -1.93. The van der Waals surface area contributed by atoms with Gasteiger partial charge in [-0.05, 0) is 13.8 Å². The molecule has 0 aliphatic carbocycles. The van der Waals surface area contributed by atoms with Crippen molar-refractivity contribution in [2.75, 3.05) is 6.61 Å². The molecule has 82 valence electrons. The van der Waals surface area contributed by atoms with Gasteiger partial charge in [-0.15, -0.1) is 0 Å². The fraction of sp³-hybridized carbons (Fsp3) is 0.400. The van der Waals surface area contributed by atoms with Gasteiger partial charge in [0.2, 0.25) is 0 Å². The van der Waals surface area contributed by atoms with Crippen LogP contribution in [-0.2, 0) is 11.3 Å². The molecular weight excluding hydrogens is 206 g/mol. The Labute approximate surface area is 93.4 Å². The average molecular weight is 217 g/mol. The normalized spacial score (nSPS) is 10.0. The molecule has 0 amide bonds. The first-order valence-electron chi connectivity index (χ1n) is 4.83. The molecule has 6 nitrogen and oxygen atoms in total. The SMILES string of the molecule is CCOC=Nc1nn(CC)c(C#N)c1C#N. The quantitative estimate of drug-likeness (QED) is 0.562. The van der Waals surface area contributed by atoms with Gasteiger partial charge >= 0.3 is 0 Å². The van der Waals surface area contributed by atoms with E-state index in [4.69, 9.17) is 15.3 Å². The van der Waals surface area contributed by atoms with Crippen molar-refractivity contribution in [3.8, 4) is 12.1 Å². The van der Waals surface area contributed by atoms with Crippen molar-refractivity contribution in [3.63, 3.8) is 0 Å². The van der Waals surface area contributed by atoms with Gasteiger partial charge in [0.25, 0.3) is 0 Å². The summed E-state index contributed by atoms with van der Waals surface area (Å²) in [5.74, 6) is 0.217. The molecule has 1 aromatic heterocycles. The summed E-state index contributed by atoms with van der Waals surface area (Å²) in [4.78, 5) is 3.89. The Balaban J connectivity index is 3.16. The van der Waals surface area contributed by atoms with Gasteiger partial charge in [-0.1, -0.05) is 0 Å². The van der Waals surface area contributed by atoms with E-state index in [1.165, 1.54) is 11.1 Å². The molecule has 0 atom stereocenters. The standard InChI is InChI=1S/C10H11N5O/c1-3-15-9(6-12)8(5-11)10(14-15)13-7-16-4-2/h7H,3-4H2,1-2H3. The second kappa shape index (κ2) is 5.52. The molecule has 16 heavy (non-hydrogen) atoms. The third-order valence-electron chi connectivity index (χ3n) is 1.87. The molecule has 0 saturated carbocycles. The summed E-state index contributed by atoms with van der Waals surface area (Å²) in [7, 11) is 0. The van der Waals surface area contributed by atoms with Crippen LogP contribution >= 0.6 is 0 Å². The molecule has 0 saturated heterocycles. The Kier molecular flexibility index (Phi) is 4.05. The van der Waals surface area contributed by atoms with Gasteiger partial charge in [0, 0.05) is 6.54 Å². The summed E-state index contributed by atoms with van der Waals surface area (Å²) in [5.41, 5.74) is 0.411. The number of hydrogen-bond donors (Lipinski definition) is 0. The molecule has 0 N–H and O–H groups in total. The zero-order valence-electron chi connectivity index (χ0n) is 9.14. The zero-order chi connectivity index (χ0) is 12.0. The number of aliphatic imine (C=N–C) groups is 1. The monoisotopic (exact) mass is 217 g/mol. The van der Waals surface area contributed by atoms with Gasteiger partial charge in [0.1, 0.15) is 17.7 Å². The zero-order valence-corrected chi connectivity index (χ0v) is 9.14. The third kappa shape index (κ3) is 2.18. The Morgan fingerprint density at radius 1 is 1.44 bits per heavy atom. The maximum atomic E-state index is 8.93. The third-order valence-corrected chi connectivity index (χ3v) is 1.87. The van der Waals surface area contributed by atoms with E-state index < -0.39 is 0 Å². The van der Waals surface area contributed by atoms with Crippen molar-refractivity contribution >= 4 is 12.2 Å². The Bertz CT molecular complexity index is 475. The van der Waals surface area contributed by atoms with E-state index in [0.717, 1.165) is 0 Å². The van der Waals surface area contributed by atoms with Crippen molar-refractivity contribution < 1.29 is 4.74 Å². The molecule has 0 aliphatic heterocycles. The minimum absolute atomic E-state index is 0.181. The lowest BCUT2D eigenvalue weighted by atomic mass is 10.2. The van der Waals surface area contributed by atoms with Crippen LogP contribution in [-0.4, -0.2) is 22.8 Å². The molecule has 1 aromatic rings. The minimum Gasteiger partial charge on any atom is -0.483 e. The van der Waals surface area contributed by atoms with E-state index in [1.54, 1.807) is 0 Å². The highest BCUT2D eigenvalue weighted by Gasteiger charge is 2.15. The van der Waals surface area contributed by atoms with Gasteiger partial charge in [-0.2, -0.15) is 20.6 Å². The fourth-order valence-corrected chi connectivity index (χ4v) is 1.15. The lowest BCUT2D eigenvalue weighted by Crippen LogP contribution is -1.99. The second-order valence-corrected chi connectivity index (χ2v) is 2.78. The van der Waals surface area contributed by atoms with Gasteiger partial charge in [0.15, 0.2) is 17.9 Å². The number of hydrogen-bond acceptors (Lipinski definition) is 5. The number of rotatable bonds is 4. The molecule has 0 aromatic carbocycles. The fourth-order valence-electron chi connectivity index (χ4n) is 1.15. The highest BCUT2D eigenvalue weighted by atomic mass is 16.5. The molecule has 0 radical (unpaired) electrons. The first kappa shape index (κ1) is 11.7. The van der Waals surface area contributed by atoms with Crippen LogP contribution in [0.4, 0.5) is 5.82 Å². The number of nitrogens with zero attached hydrogens (tertiary/aromatic N) is 5. The van der Waals surface area contributed by atoms with Crippen molar-refractivity contribution in [1.82, 2.24) is 9.78 Å². The summed E-state index contributed by atoms with van der Waals surface area (Å²) in [5, 5.41) is 21.9. The van der Waals surface area contributed by atoms with Crippen LogP contribution in [0.5, 0.6) is 0 Å². The smallest absolute Gasteiger partial charge is 0.196 e.